The van der Waals surface area contributed by atoms with Gasteiger partial charge in [0.05, 0.1) is 11.4 Å². The number of aliphatic carboxylic acids is 1. The van der Waals surface area contributed by atoms with Crippen LogP contribution in [0.1, 0.15) is 24.8 Å². The molecule has 0 aromatic heterocycles. The van der Waals surface area contributed by atoms with Gasteiger partial charge in [0.25, 0.3) is 0 Å². The smallest absolute Gasteiger partial charge is 0.303 e. The summed E-state index contributed by atoms with van der Waals surface area (Å²) in [5.41, 5.74) is 0.115. The molecule has 1 unspecified atom stereocenters. The molecule has 0 aliphatic heterocycles. The fourth-order valence-electron chi connectivity index (χ4n) is 1.29. The molecule has 0 amide bonds. The molecule has 1 N–H and O–H groups in total. The second-order valence-corrected chi connectivity index (χ2v) is 3.69. The van der Waals surface area contributed by atoms with Crippen molar-refractivity contribution in [3.8, 4) is 0 Å². The summed E-state index contributed by atoms with van der Waals surface area (Å²) in [5, 5.41) is 8.33. The minimum atomic E-state index is -1.04. The first kappa shape index (κ1) is 11.9. The lowest BCUT2D eigenvalue weighted by atomic mass is 9.97. The highest BCUT2D eigenvalue weighted by molar-refractivity contribution is 6.30. The SMILES string of the molecule is CC(CC(=O)O)c1cc(Cl)c(F)cc1F. The summed E-state index contributed by atoms with van der Waals surface area (Å²) in [7, 11) is 0. The van der Waals surface area contributed by atoms with E-state index in [4.69, 9.17) is 16.7 Å². The highest BCUT2D eigenvalue weighted by Gasteiger charge is 2.16. The van der Waals surface area contributed by atoms with Crippen molar-refractivity contribution in [2.75, 3.05) is 0 Å². The van der Waals surface area contributed by atoms with Crippen molar-refractivity contribution < 1.29 is 18.7 Å². The van der Waals surface area contributed by atoms with Gasteiger partial charge in [-0.3, -0.25) is 4.79 Å². The lowest BCUT2D eigenvalue weighted by Crippen LogP contribution is -2.05. The summed E-state index contributed by atoms with van der Waals surface area (Å²) in [5.74, 6) is -3.20. The second-order valence-electron chi connectivity index (χ2n) is 3.29. The third-order valence-corrected chi connectivity index (χ3v) is 2.34. The Labute approximate surface area is 90.5 Å². The lowest BCUT2D eigenvalue weighted by Gasteiger charge is -2.10. The van der Waals surface area contributed by atoms with Crippen LogP contribution in [-0.2, 0) is 4.79 Å². The average Bonchev–Trinajstić information content (AvgIpc) is 2.09. The number of rotatable bonds is 3. The minimum absolute atomic E-state index is 0.115. The van der Waals surface area contributed by atoms with Crippen molar-refractivity contribution in [3.63, 3.8) is 0 Å². The largest absolute Gasteiger partial charge is 0.481 e. The molecule has 1 aromatic rings. The van der Waals surface area contributed by atoms with Gasteiger partial charge in [0.15, 0.2) is 0 Å². The Balaban J connectivity index is 3.03. The van der Waals surface area contributed by atoms with E-state index in [0.717, 1.165) is 6.07 Å². The maximum atomic E-state index is 13.2. The van der Waals surface area contributed by atoms with E-state index in [2.05, 4.69) is 0 Å². The third kappa shape index (κ3) is 2.89. The molecule has 1 aromatic carbocycles. The number of hydrogen-bond acceptors (Lipinski definition) is 1. The molecule has 0 saturated heterocycles. The zero-order chi connectivity index (χ0) is 11.6. The summed E-state index contributed by atoms with van der Waals surface area (Å²) in [4.78, 5) is 10.4. The first-order valence-electron chi connectivity index (χ1n) is 4.28. The Morgan fingerprint density at radius 2 is 2.07 bits per heavy atom. The van der Waals surface area contributed by atoms with Crippen LogP contribution >= 0.6 is 11.6 Å². The maximum absolute atomic E-state index is 13.2. The van der Waals surface area contributed by atoms with E-state index in [0.29, 0.717) is 6.07 Å². The van der Waals surface area contributed by atoms with Crippen LogP contribution in [0, 0.1) is 11.6 Å². The summed E-state index contributed by atoms with van der Waals surface area (Å²) in [6.07, 6.45) is -0.223. The predicted molar refractivity (Wildman–Crippen MR) is 52.0 cm³/mol. The Hall–Kier alpha value is -1.16. The topological polar surface area (TPSA) is 37.3 Å². The van der Waals surface area contributed by atoms with Gasteiger partial charge < -0.3 is 5.11 Å². The van der Waals surface area contributed by atoms with E-state index in [-0.39, 0.29) is 17.0 Å². The predicted octanol–water partition coefficient (Wildman–Crippen LogP) is 3.20. The normalized spacial score (nSPS) is 12.5. The second kappa shape index (κ2) is 4.57. The Morgan fingerprint density at radius 1 is 1.47 bits per heavy atom. The molecule has 0 bridgehead atoms. The van der Waals surface area contributed by atoms with Gasteiger partial charge >= 0.3 is 5.97 Å². The number of halogens is 3. The van der Waals surface area contributed by atoms with Gasteiger partial charge in [-0.1, -0.05) is 18.5 Å². The van der Waals surface area contributed by atoms with E-state index in [1.54, 1.807) is 6.92 Å². The quantitative estimate of drug-likeness (QED) is 0.816. The van der Waals surface area contributed by atoms with E-state index >= 15 is 0 Å². The van der Waals surface area contributed by atoms with Crippen LogP contribution in [0.3, 0.4) is 0 Å². The zero-order valence-electron chi connectivity index (χ0n) is 7.93. The van der Waals surface area contributed by atoms with Crippen molar-refractivity contribution in [2.45, 2.75) is 19.3 Å². The third-order valence-electron chi connectivity index (χ3n) is 2.05. The van der Waals surface area contributed by atoms with Crippen LogP contribution in [0.4, 0.5) is 8.78 Å². The van der Waals surface area contributed by atoms with Crippen LogP contribution in [-0.4, -0.2) is 11.1 Å². The molecule has 0 heterocycles. The van der Waals surface area contributed by atoms with Crippen molar-refractivity contribution >= 4 is 17.6 Å². The van der Waals surface area contributed by atoms with Crippen LogP contribution in [0.15, 0.2) is 12.1 Å². The average molecular weight is 235 g/mol. The van der Waals surface area contributed by atoms with E-state index in [1.807, 2.05) is 0 Å². The van der Waals surface area contributed by atoms with Crippen LogP contribution in [0.25, 0.3) is 0 Å². The van der Waals surface area contributed by atoms with E-state index < -0.39 is 23.5 Å². The number of carboxylic acid groups (broad SMARTS) is 1. The standard InChI is InChI=1S/C10H9ClF2O2/c1-5(2-10(14)15)6-3-7(11)9(13)4-8(6)12/h3-5H,2H2,1H3,(H,14,15). The van der Waals surface area contributed by atoms with Crippen molar-refractivity contribution in [1.82, 2.24) is 0 Å². The molecule has 0 fully saturated rings. The van der Waals surface area contributed by atoms with Gasteiger partial charge in [0, 0.05) is 6.07 Å². The number of benzene rings is 1. The number of hydrogen-bond donors (Lipinski definition) is 1. The fraction of sp³-hybridized carbons (Fsp3) is 0.300. The Bertz CT molecular complexity index is 393. The van der Waals surface area contributed by atoms with E-state index in [1.165, 1.54) is 0 Å². The summed E-state index contributed by atoms with van der Waals surface area (Å²) < 4.78 is 26.0. The molecule has 1 rings (SSSR count). The van der Waals surface area contributed by atoms with Gasteiger partial charge in [-0.15, -0.1) is 0 Å². The lowest BCUT2D eigenvalue weighted by molar-refractivity contribution is -0.137. The Kier molecular flexibility index (Phi) is 3.63. The van der Waals surface area contributed by atoms with Crippen molar-refractivity contribution in [2.24, 2.45) is 0 Å². The number of carbonyl (C=O) groups is 1. The molecule has 1 atom stereocenters. The van der Waals surface area contributed by atoms with Crippen LogP contribution < -0.4 is 0 Å². The highest BCUT2D eigenvalue weighted by Crippen LogP contribution is 2.27. The zero-order valence-corrected chi connectivity index (χ0v) is 8.68. The maximum Gasteiger partial charge on any atom is 0.303 e. The first-order chi connectivity index (χ1) is 6.91. The molecule has 0 aliphatic carbocycles. The van der Waals surface area contributed by atoms with Gasteiger partial charge in [0.2, 0.25) is 0 Å². The number of carboxylic acids is 1. The van der Waals surface area contributed by atoms with Gasteiger partial charge in [-0.05, 0) is 17.5 Å². The molecule has 0 aliphatic rings. The molecule has 5 heteroatoms. The minimum Gasteiger partial charge on any atom is -0.481 e. The molecular weight excluding hydrogens is 226 g/mol. The van der Waals surface area contributed by atoms with Gasteiger partial charge in [-0.2, -0.15) is 0 Å². The Morgan fingerprint density at radius 3 is 2.60 bits per heavy atom. The molecule has 82 valence electrons. The molecule has 0 radical (unpaired) electrons. The van der Waals surface area contributed by atoms with Crippen LogP contribution in [0.2, 0.25) is 5.02 Å². The molecule has 2 nitrogen and oxygen atoms in total. The summed E-state index contributed by atoms with van der Waals surface area (Å²) >= 11 is 5.48. The van der Waals surface area contributed by atoms with Crippen molar-refractivity contribution in [3.05, 3.63) is 34.4 Å². The molecule has 0 spiro atoms. The molecule has 15 heavy (non-hydrogen) atoms. The highest BCUT2D eigenvalue weighted by atomic mass is 35.5. The van der Waals surface area contributed by atoms with Gasteiger partial charge in [0.1, 0.15) is 11.6 Å². The van der Waals surface area contributed by atoms with Gasteiger partial charge in [-0.25, -0.2) is 8.78 Å². The first-order valence-corrected chi connectivity index (χ1v) is 4.66. The van der Waals surface area contributed by atoms with Crippen molar-refractivity contribution in [1.29, 1.82) is 0 Å². The summed E-state index contributed by atoms with van der Waals surface area (Å²) in [6, 6.07) is 1.79. The molecular formula is C10H9ClF2O2. The fourth-order valence-corrected chi connectivity index (χ4v) is 1.46. The summed E-state index contributed by atoms with van der Waals surface area (Å²) in [6.45, 7) is 1.54. The van der Waals surface area contributed by atoms with Crippen LogP contribution in [0.5, 0.6) is 0 Å². The van der Waals surface area contributed by atoms with E-state index in [9.17, 15) is 13.6 Å². The molecule has 0 saturated carbocycles. The monoisotopic (exact) mass is 234 g/mol.